The molecule has 1 aromatic rings. The van der Waals surface area contributed by atoms with Crippen LogP contribution >= 0.6 is 0 Å². The van der Waals surface area contributed by atoms with E-state index in [1.807, 2.05) is 6.92 Å². The molecule has 100 valence electrons. The van der Waals surface area contributed by atoms with Crippen molar-refractivity contribution in [3.8, 4) is 0 Å². The van der Waals surface area contributed by atoms with E-state index in [-0.39, 0.29) is 5.56 Å². The quantitative estimate of drug-likeness (QED) is 0.626. The number of hydrogen-bond donors (Lipinski definition) is 1. The second kappa shape index (κ2) is 6.18. The Bertz CT molecular complexity index is 496. The molecule has 0 amide bonds. The lowest BCUT2D eigenvalue weighted by Gasteiger charge is -2.16. The summed E-state index contributed by atoms with van der Waals surface area (Å²) in [5.41, 5.74) is -0.777. The summed E-state index contributed by atoms with van der Waals surface area (Å²) in [5.74, 6) is 0.945. The first-order chi connectivity index (χ1) is 8.45. The van der Waals surface area contributed by atoms with Crippen LogP contribution in [-0.4, -0.2) is 22.3 Å². The van der Waals surface area contributed by atoms with Crippen molar-refractivity contribution in [3.63, 3.8) is 0 Å². The summed E-state index contributed by atoms with van der Waals surface area (Å²) >= 11 is 0. The maximum absolute atomic E-state index is 11.5. The van der Waals surface area contributed by atoms with Crippen molar-refractivity contribution < 1.29 is 0 Å². The largest absolute Gasteiger partial charge is 0.329 e. The van der Waals surface area contributed by atoms with Crippen molar-refractivity contribution in [2.75, 3.05) is 11.6 Å². The molecule has 0 aromatic carbocycles. The van der Waals surface area contributed by atoms with Gasteiger partial charge in [0.15, 0.2) is 0 Å². The molecule has 1 heterocycles. The molecule has 0 aliphatic carbocycles. The van der Waals surface area contributed by atoms with E-state index < -0.39 is 5.69 Å². The van der Waals surface area contributed by atoms with Gasteiger partial charge in [-0.3, -0.25) is 14.3 Å². The third-order valence-corrected chi connectivity index (χ3v) is 2.51. The van der Waals surface area contributed by atoms with E-state index in [0.29, 0.717) is 18.3 Å². The molecule has 18 heavy (non-hydrogen) atoms. The fourth-order valence-corrected chi connectivity index (χ4v) is 1.35. The summed E-state index contributed by atoms with van der Waals surface area (Å²) in [6.07, 6.45) is 2.65. The van der Waals surface area contributed by atoms with Crippen molar-refractivity contribution in [2.24, 2.45) is 18.1 Å². The van der Waals surface area contributed by atoms with Gasteiger partial charge in [0.2, 0.25) is 0 Å². The highest BCUT2D eigenvalue weighted by Gasteiger charge is 2.06. The molecule has 0 fully saturated rings. The topological polar surface area (TPSA) is 70.5 Å². The number of nitrogens with one attached hydrogen (secondary N) is 1. The molecule has 0 aliphatic rings. The van der Waals surface area contributed by atoms with Crippen LogP contribution in [0.25, 0.3) is 0 Å². The van der Waals surface area contributed by atoms with E-state index >= 15 is 0 Å². The Morgan fingerprint density at radius 3 is 2.67 bits per heavy atom. The van der Waals surface area contributed by atoms with Gasteiger partial charge in [-0.15, -0.1) is 0 Å². The number of hydrazone groups is 1. The first-order valence-corrected chi connectivity index (χ1v) is 6.06. The average molecular weight is 252 g/mol. The number of aromatic amines is 1. The molecule has 0 aliphatic heterocycles. The summed E-state index contributed by atoms with van der Waals surface area (Å²) in [5, 5.41) is 5.86. The summed E-state index contributed by atoms with van der Waals surface area (Å²) in [6, 6.07) is 1.37. The highest BCUT2D eigenvalue weighted by atomic mass is 16.2. The third kappa shape index (κ3) is 3.58. The van der Waals surface area contributed by atoms with Crippen molar-refractivity contribution in [1.82, 2.24) is 9.55 Å². The van der Waals surface area contributed by atoms with E-state index in [2.05, 4.69) is 23.9 Å². The Morgan fingerprint density at radius 2 is 2.17 bits per heavy atom. The minimum atomic E-state index is -0.435. The van der Waals surface area contributed by atoms with E-state index in [9.17, 15) is 9.59 Å². The van der Waals surface area contributed by atoms with Crippen LogP contribution in [0, 0.1) is 5.92 Å². The highest BCUT2D eigenvalue weighted by molar-refractivity contribution is 5.59. The molecule has 0 unspecified atom stereocenters. The second-order valence-electron chi connectivity index (χ2n) is 4.50. The zero-order valence-electron chi connectivity index (χ0n) is 11.3. The fourth-order valence-electron chi connectivity index (χ4n) is 1.35. The van der Waals surface area contributed by atoms with Crippen LogP contribution in [0.4, 0.5) is 5.82 Å². The molecule has 0 atom stereocenters. The Balaban J connectivity index is 2.99. The summed E-state index contributed by atoms with van der Waals surface area (Å²) in [7, 11) is 1.43. The van der Waals surface area contributed by atoms with Gasteiger partial charge in [-0.05, 0) is 19.3 Å². The number of nitrogens with zero attached hydrogens (tertiary/aromatic N) is 3. The van der Waals surface area contributed by atoms with Crippen LogP contribution in [-0.2, 0) is 7.05 Å². The van der Waals surface area contributed by atoms with Gasteiger partial charge >= 0.3 is 5.69 Å². The molecule has 1 N–H and O–H groups in total. The van der Waals surface area contributed by atoms with Gasteiger partial charge in [0.1, 0.15) is 5.82 Å². The maximum atomic E-state index is 11.5. The van der Waals surface area contributed by atoms with Crippen molar-refractivity contribution in [2.45, 2.75) is 27.2 Å². The lowest BCUT2D eigenvalue weighted by atomic mass is 10.2. The van der Waals surface area contributed by atoms with Crippen molar-refractivity contribution >= 4 is 12.0 Å². The lowest BCUT2D eigenvalue weighted by molar-refractivity contribution is 0.686. The predicted molar refractivity (Wildman–Crippen MR) is 73.3 cm³/mol. The van der Waals surface area contributed by atoms with Gasteiger partial charge < -0.3 is 0 Å². The molecule has 6 heteroatoms. The Morgan fingerprint density at radius 1 is 1.50 bits per heavy atom. The van der Waals surface area contributed by atoms with Gasteiger partial charge in [0.25, 0.3) is 5.56 Å². The van der Waals surface area contributed by atoms with Crippen molar-refractivity contribution in [3.05, 3.63) is 26.9 Å². The minimum absolute atomic E-state index is 0.341. The molecular formula is C12H20N4O2. The van der Waals surface area contributed by atoms with E-state index in [4.69, 9.17) is 0 Å². The SMILES string of the molecule is CCN(/N=C/CC(C)C)c1cc(=O)n(C)c(=O)[nH]1. The van der Waals surface area contributed by atoms with E-state index in [0.717, 1.165) is 11.0 Å². The highest BCUT2D eigenvalue weighted by Crippen LogP contribution is 2.05. The Kier molecular flexibility index (Phi) is 4.88. The first kappa shape index (κ1) is 14.2. The molecule has 0 bridgehead atoms. The Labute approximate surface area is 106 Å². The molecule has 0 saturated heterocycles. The monoisotopic (exact) mass is 252 g/mol. The standard InChI is InChI=1S/C12H20N4O2/c1-5-16(13-7-6-9(2)3)10-8-11(17)15(4)12(18)14-10/h7-9H,5-6H2,1-4H3,(H,14,18)/b13-7+. The molecule has 1 aromatic heterocycles. The molecule has 0 spiro atoms. The van der Waals surface area contributed by atoms with Crippen LogP contribution in [0.2, 0.25) is 0 Å². The normalized spacial score (nSPS) is 11.4. The Hall–Kier alpha value is -1.85. The number of anilines is 1. The van der Waals surface area contributed by atoms with Gasteiger partial charge in [-0.25, -0.2) is 9.80 Å². The molecule has 1 rings (SSSR count). The first-order valence-electron chi connectivity index (χ1n) is 6.06. The second-order valence-corrected chi connectivity index (χ2v) is 4.50. The smallest absolute Gasteiger partial charge is 0.292 e. The number of rotatable bonds is 5. The number of H-pyrrole nitrogens is 1. The third-order valence-electron chi connectivity index (χ3n) is 2.51. The summed E-state index contributed by atoms with van der Waals surface area (Å²) in [4.78, 5) is 25.6. The number of aromatic nitrogens is 2. The van der Waals surface area contributed by atoms with E-state index in [1.54, 1.807) is 11.2 Å². The maximum Gasteiger partial charge on any atom is 0.329 e. The lowest BCUT2D eigenvalue weighted by Crippen LogP contribution is -2.34. The van der Waals surface area contributed by atoms with Gasteiger partial charge in [0, 0.05) is 25.9 Å². The summed E-state index contributed by atoms with van der Waals surface area (Å²) in [6.45, 7) is 6.69. The molecule has 0 saturated carbocycles. The predicted octanol–water partition coefficient (Wildman–Crippen LogP) is 0.932. The average Bonchev–Trinajstić information content (AvgIpc) is 2.30. The van der Waals surface area contributed by atoms with Crippen LogP contribution in [0.5, 0.6) is 0 Å². The fraction of sp³-hybridized carbons (Fsp3) is 0.583. The molecule has 6 nitrogen and oxygen atoms in total. The zero-order chi connectivity index (χ0) is 13.7. The van der Waals surface area contributed by atoms with Crippen LogP contribution < -0.4 is 16.3 Å². The minimum Gasteiger partial charge on any atom is -0.292 e. The summed E-state index contributed by atoms with van der Waals surface area (Å²) < 4.78 is 1.02. The number of hydrogen-bond acceptors (Lipinski definition) is 4. The van der Waals surface area contributed by atoms with Crippen LogP contribution in [0.3, 0.4) is 0 Å². The van der Waals surface area contributed by atoms with Gasteiger partial charge in [-0.1, -0.05) is 13.8 Å². The zero-order valence-corrected chi connectivity index (χ0v) is 11.3. The molecule has 0 radical (unpaired) electrons. The van der Waals surface area contributed by atoms with Crippen LogP contribution in [0.1, 0.15) is 27.2 Å². The van der Waals surface area contributed by atoms with Crippen LogP contribution in [0.15, 0.2) is 20.8 Å². The van der Waals surface area contributed by atoms with E-state index in [1.165, 1.54) is 13.1 Å². The van der Waals surface area contributed by atoms with Crippen molar-refractivity contribution in [1.29, 1.82) is 0 Å². The van der Waals surface area contributed by atoms with Gasteiger partial charge in [-0.2, -0.15) is 5.10 Å². The molecular weight excluding hydrogens is 232 g/mol. The van der Waals surface area contributed by atoms with Gasteiger partial charge in [0.05, 0.1) is 0 Å².